The fraction of sp³-hybridized carbons (Fsp3) is 0.467. The quantitative estimate of drug-likeness (QED) is 0.567. The standard InChI is InChI=1S/C15H22N2O3.ClH/c1-11(18)13-6-4-7-14(10-13)20-12(2)15(19)17-9-5-8-16-3;/h4,6-7,10,12,16H,5,8-9H2,1-3H3,(H,17,19);1H. The summed E-state index contributed by atoms with van der Waals surface area (Å²) in [5, 5.41) is 5.82. The highest BCUT2D eigenvalue weighted by molar-refractivity contribution is 5.94. The van der Waals surface area contributed by atoms with Crippen LogP contribution in [0.3, 0.4) is 0 Å². The minimum atomic E-state index is -0.591. The van der Waals surface area contributed by atoms with Gasteiger partial charge in [0.2, 0.25) is 0 Å². The third-order valence-electron chi connectivity index (χ3n) is 2.83. The molecule has 0 saturated heterocycles. The van der Waals surface area contributed by atoms with E-state index in [2.05, 4.69) is 10.6 Å². The first-order valence-corrected chi connectivity index (χ1v) is 6.74. The Hall–Kier alpha value is -1.59. The molecule has 0 spiro atoms. The molecule has 0 bridgehead atoms. The third-order valence-corrected chi connectivity index (χ3v) is 2.83. The first kappa shape index (κ1) is 19.4. The van der Waals surface area contributed by atoms with Gasteiger partial charge in [0.05, 0.1) is 0 Å². The summed E-state index contributed by atoms with van der Waals surface area (Å²) >= 11 is 0. The van der Waals surface area contributed by atoms with E-state index in [-0.39, 0.29) is 24.1 Å². The fourth-order valence-corrected chi connectivity index (χ4v) is 1.67. The van der Waals surface area contributed by atoms with Gasteiger partial charge in [-0.1, -0.05) is 12.1 Å². The van der Waals surface area contributed by atoms with E-state index in [0.717, 1.165) is 13.0 Å². The monoisotopic (exact) mass is 314 g/mol. The minimum absolute atomic E-state index is 0. The maximum absolute atomic E-state index is 11.8. The molecule has 1 aromatic carbocycles. The Labute approximate surface area is 131 Å². The van der Waals surface area contributed by atoms with Crippen molar-refractivity contribution in [2.24, 2.45) is 0 Å². The van der Waals surface area contributed by atoms with Gasteiger partial charge in [0.15, 0.2) is 11.9 Å². The van der Waals surface area contributed by atoms with Gasteiger partial charge in [0, 0.05) is 12.1 Å². The maximum atomic E-state index is 11.8. The molecular weight excluding hydrogens is 292 g/mol. The van der Waals surface area contributed by atoms with Gasteiger partial charge in [-0.3, -0.25) is 9.59 Å². The lowest BCUT2D eigenvalue weighted by Gasteiger charge is -2.15. The molecule has 0 aromatic heterocycles. The van der Waals surface area contributed by atoms with Crippen LogP contribution in [-0.4, -0.2) is 37.9 Å². The van der Waals surface area contributed by atoms with Gasteiger partial charge in [-0.05, 0) is 46.0 Å². The highest BCUT2D eigenvalue weighted by Gasteiger charge is 2.14. The lowest BCUT2D eigenvalue weighted by molar-refractivity contribution is -0.127. The van der Waals surface area contributed by atoms with Gasteiger partial charge in [-0.2, -0.15) is 0 Å². The number of amides is 1. The molecule has 2 N–H and O–H groups in total. The van der Waals surface area contributed by atoms with Crippen LogP contribution in [0.1, 0.15) is 30.6 Å². The van der Waals surface area contributed by atoms with Crippen molar-refractivity contribution in [1.82, 2.24) is 10.6 Å². The number of nitrogens with one attached hydrogen (secondary N) is 2. The summed E-state index contributed by atoms with van der Waals surface area (Å²) in [6, 6.07) is 6.84. The van der Waals surface area contributed by atoms with Crippen LogP contribution in [0, 0.1) is 0 Å². The summed E-state index contributed by atoms with van der Waals surface area (Å²) in [6.07, 6.45) is 0.279. The summed E-state index contributed by atoms with van der Waals surface area (Å²) in [5.41, 5.74) is 0.573. The Morgan fingerprint density at radius 3 is 2.62 bits per heavy atom. The molecule has 0 aliphatic heterocycles. The summed E-state index contributed by atoms with van der Waals surface area (Å²) in [5.74, 6) is 0.338. The molecule has 0 aliphatic carbocycles. The maximum Gasteiger partial charge on any atom is 0.260 e. The van der Waals surface area contributed by atoms with E-state index in [1.54, 1.807) is 31.2 Å². The molecule has 6 heteroatoms. The smallest absolute Gasteiger partial charge is 0.260 e. The molecule has 1 aromatic rings. The summed E-state index contributed by atoms with van der Waals surface area (Å²) in [6.45, 7) is 4.65. The van der Waals surface area contributed by atoms with Crippen molar-refractivity contribution in [2.45, 2.75) is 26.4 Å². The molecule has 118 valence electrons. The van der Waals surface area contributed by atoms with Crippen LogP contribution in [0.15, 0.2) is 24.3 Å². The van der Waals surface area contributed by atoms with Crippen molar-refractivity contribution in [1.29, 1.82) is 0 Å². The number of ether oxygens (including phenoxy) is 1. The molecule has 0 heterocycles. The van der Waals surface area contributed by atoms with E-state index in [1.807, 2.05) is 7.05 Å². The van der Waals surface area contributed by atoms with Crippen LogP contribution >= 0.6 is 12.4 Å². The van der Waals surface area contributed by atoms with Crippen molar-refractivity contribution in [3.63, 3.8) is 0 Å². The van der Waals surface area contributed by atoms with E-state index < -0.39 is 6.10 Å². The van der Waals surface area contributed by atoms with Crippen molar-refractivity contribution < 1.29 is 14.3 Å². The van der Waals surface area contributed by atoms with Crippen LogP contribution in [0.4, 0.5) is 0 Å². The number of carbonyl (C=O) groups is 2. The highest BCUT2D eigenvalue weighted by atomic mass is 35.5. The molecule has 0 radical (unpaired) electrons. The van der Waals surface area contributed by atoms with E-state index in [9.17, 15) is 9.59 Å². The molecule has 0 saturated carbocycles. The summed E-state index contributed by atoms with van der Waals surface area (Å²) in [4.78, 5) is 23.1. The first-order valence-electron chi connectivity index (χ1n) is 6.74. The largest absolute Gasteiger partial charge is 0.481 e. The van der Waals surface area contributed by atoms with Gasteiger partial charge in [-0.15, -0.1) is 12.4 Å². The Kier molecular flexibility index (Phi) is 9.41. The minimum Gasteiger partial charge on any atom is -0.481 e. The van der Waals surface area contributed by atoms with Gasteiger partial charge >= 0.3 is 0 Å². The number of ketones is 1. The topological polar surface area (TPSA) is 67.4 Å². The zero-order valence-corrected chi connectivity index (χ0v) is 13.5. The van der Waals surface area contributed by atoms with Crippen LogP contribution in [-0.2, 0) is 4.79 Å². The molecular formula is C15H23ClN2O3. The number of hydrogen-bond donors (Lipinski definition) is 2. The molecule has 0 fully saturated rings. The number of hydrogen-bond acceptors (Lipinski definition) is 4. The van der Waals surface area contributed by atoms with Gasteiger partial charge in [0.25, 0.3) is 5.91 Å². The normalized spacial score (nSPS) is 11.2. The number of halogens is 1. The lowest BCUT2D eigenvalue weighted by Crippen LogP contribution is -2.37. The van der Waals surface area contributed by atoms with Crippen molar-refractivity contribution in [3.8, 4) is 5.75 Å². The first-order chi connectivity index (χ1) is 9.54. The van der Waals surface area contributed by atoms with Gasteiger partial charge in [0.1, 0.15) is 5.75 Å². The van der Waals surface area contributed by atoms with E-state index in [0.29, 0.717) is 17.9 Å². The molecule has 1 rings (SSSR count). The van der Waals surface area contributed by atoms with Crippen molar-refractivity contribution in [2.75, 3.05) is 20.1 Å². The molecule has 1 unspecified atom stereocenters. The average Bonchev–Trinajstić information content (AvgIpc) is 2.43. The SMILES string of the molecule is CNCCCNC(=O)C(C)Oc1cccc(C(C)=O)c1.Cl. The second kappa shape index (κ2) is 10.2. The molecule has 1 atom stereocenters. The van der Waals surface area contributed by atoms with Gasteiger partial charge < -0.3 is 15.4 Å². The van der Waals surface area contributed by atoms with Crippen LogP contribution in [0.25, 0.3) is 0 Å². The number of carbonyl (C=O) groups excluding carboxylic acids is 2. The summed E-state index contributed by atoms with van der Waals surface area (Å²) in [7, 11) is 1.87. The number of Topliss-reactive ketones (excluding diaryl/α,β-unsaturated/α-hetero) is 1. The Morgan fingerprint density at radius 1 is 1.29 bits per heavy atom. The van der Waals surface area contributed by atoms with E-state index in [4.69, 9.17) is 4.74 Å². The predicted octanol–water partition coefficient (Wildman–Crippen LogP) is 1.80. The number of rotatable bonds is 8. The van der Waals surface area contributed by atoms with Crippen molar-refractivity contribution >= 4 is 24.1 Å². The Morgan fingerprint density at radius 2 is 2.00 bits per heavy atom. The third kappa shape index (κ3) is 7.11. The zero-order valence-electron chi connectivity index (χ0n) is 12.6. The van der Waals surface area contributed by atoms with E-state index >= 15 is 0 Å². The van der Waals surface area contributed by atoms with Gasteiger partial charge in [-0.25, -0.2) is 0 Å². The number of benzene rings is 1. The highest BCUT2D eigenvalue weighted by Crippen LogP contribution is 2.15. The molecule has 1 amide bonds. The Bertz CT molecular complexity index is 466. The molecule has 5 nitrogen and oxygen atoms in total. The van der Waals surface area contributed by atoms with Crippen LogP contribution < -0.4 is 15.4 Å². The molecule has 21 heavy (non-hydrogen) atoms. The van der Waals surface area contributed by atoms with Crippen LogP contribution in [0.5, 0.6) is 5.75 Å². The van der Waals surface area contributed by atoms with Crippen molar-refractivity contribution in [3.05, 3.63) is 29.8 Å². The molecule has 0 aliphatic rings. The predicted molar refractivity (Wildman–Crippen MR) is 85.3 cm³/mol. The second-order valence-electron chi connectivity index (χ2n) is 4.59. The fourth-order valence-electron chi connectivity index (χ4n) is 1.67. The van der Waals surface area contributed by atoms with Crippen LogP contribution in [0.2, 0.25) is 0 Å². The second-order valence-corrected chi connectivity index (χ2v) is 4.59. The van der Waals surface area contributed by atoms with E-state index in [1.165, 1.54) is 6.92 Å². The average molecular weight is 315 g/mol. The lowest BCUT2D eigenvalue weighted by atomic mass is 10.1. The zero-order chi connectivity index (χ0) is 15.0. The Balaban J connectivity index is 0.00000400. The summed E-state index contributed by atoms with van der Waals surface area (Å²) < 4.78 is 5.54.